The summed E-state index contributed by atoms with van der Waals surface area (Å²) >= 11 is 9.27. The molecule has 5 heteroatoms. The molecule has 88 valence electrons. The Morgan fingerprint density at radius 1 is 1.35 bits per heavy atom. The maximum absolute atomic E-state index is 13.1. The maximum Gasteiger partial charge on any atom is 0.152 e. The Hall–Kier alpha value is -1.13. The number of hydrogen-bond acceptors (Lipinski definition) is 2. The van der Waals surface area contributed by atoms with Gasteiger partial charge in [-0.1, -0.05) is 27.5 Å². The van der Waals surface area contributed by atoms with Crippen molar-refractivity contribution in [3.8, 4) is 0 Å². The van der Waals surface area contributed by atoms with Crippen LogP contribution in [0.3, 0.4) is 0 Å². The SMILES string of the molecule is Fc1ccc(Br)c(CNc2cccnc2Cl)c1. The van der Waals surface area contributed by atoms with Crippen LogP contribution in [0.5, 0.6) is 0 Å². The first-order valence-corrected chi connectivity index (χ1v) is 6.12. The number of pyridine rings is 1. The van der Waals surface area contributed by atoms with Crippen molar-refractivity contribution in [2.45, 2.75) is 6.54 Å². The Kier molecular flexibility index (Phi) is 3.97. The van der Waals surface area contributed by atoms with E-state index >= 15 is 0 Å². The molecule has 0 saturated carbocycles. The fourth-order valence-electron chi connectivity index (χ4n) is 1.39. The van der Waals surface area contributed by atoms with Crippen molar-refractivity contribution in [2.24, 2.45) is 0 Å². The smallest absolute Gasteiger partial charge is 0.152 e. The van der Waals surface area contributed by atoms with Gasteiger partial charge in [0.2, 0.25) is 0 Å². The molecule has 2 nitrogen and oxygen atoms in total. The van der Waals surface area contributed by atoms with Gasteiger partial charge in [0.05, 0.1) is 5.69 Å². The van der Waals surface area contributed by atoms with Crippen LogP contribution in [0.4, 0.5) is 10.1 Å². The Morgan fingerprint density at radius 3 is 2.94 bits per heavy atom. The standard InChI is InChI=1S/C12H9BrClFN2/c13-10-4-3-9(15)6-8(10)7-17-11-2-1-5-16-12(11)14/h1-6,17H,7H2. The lowest BCUT2D eigenvalue weighted by Crippen LogP contribution is -2.01. The van der Waals surface area contributed by atoms with E-state index in [1.165, 1.54) is 12.1 Å². The molecule has 1 N–H and O–H groups in total. The Bertz CT molecular complexity index is 534. The van der Waals surface area contributed by atoms with E-state index in [-0.39, 0.29) is 5.82 Å². The van der Waals surface area contributed by atoms with Crippen LogP contribution in [-0.4, -0.2) is 4.98 Å². The van der Waals surface area contributed by atoms with E-state index in [2.05, 4.69) is 26.2 Å². The summed E-state index contributed by atoms with van der Waals surface area (Å²) in [4.78, 5) is 3.95. The molecule has 0 aliphatic rings. The van der Waals surface area contributed by atoms with Crippen molar-refractivity contribution in [3.05, 3.63) is 57.5 Å². The number of halogens is 3. The lowest BCUT2D eigenvalue weighted by Gasteiger charge is -2.09. The highest BCUT2D eigenvalue weighted by atomic mass is 79.9. The first kappa shape index (κ1) is 12.3. The molecule has 0 aliphatic heterocycles. The second-order valence-corrected chi connectivity index (χ2v) is 4.64. The van der Waals surface area contributed by atoms with Crippen molar-refractivity contribution in [1.29, 1.82) is 0 Å². The zero-order chi connectivity index (χ0) is 12.3. The molecule has 0 amide bonds. The van der Waals surface area contributed by atoms with E-state index in [4.69, 9.17) is 11.6 Å². The third-order valence-corrected chi connectivity index (χ3v) is 3.31. The van der Waals surface area contributed by atoms with Gasteiger partial charge in [-0.05, 0) is 35.9 Å². The van der Waals surface area contributed by atoms with E-state index in [0.717, 1.165) is 15.7 Å². The number of nitrogens with one attached hydrogen (secondary N) is 1. The normalized spacial score (nSPS) is 10.3. The van der Waals surface area contributed by atoms with Crippen molar-refractivity contribution in [3.63, 3.8) is 0 Å². The summed E-state index contributed by atoms with van der Waals surface area (Å²) in [5, 5.41) is 3.51. The molecule has 0 saturated heterocycles. The molecule has 0 bridgehead atoms. The van der Waals surface area contributed by atoms with Gasteiger partial charge in [-0.25, -0.2) is 9.37 Å². The first-order chi connectivity index (χ1) is 8.16. The molecule has 0 unspecified atom stereocenters. The zero-order valence-electron chi connectivity index (χ0n) is 8.75. The molecule has 0 fully saturated rings. The number of anilines is 1. The highest BCUT2D eigenvalue weighted by molar-refractivity contribution is 9.10. The number of aromatic nitrogens is 1. The van der Waals surface area contributed by atoms with E-state index in [0.29, 0.717) is 11.7 Å². The molecule has 1 aromatic heterocycles. The Morgan fingerprint density at radius 2 is 2.18 bits per heavy atom. The summed E-state index contributed by atoms with van der Waals surface area (Å²) in [6.45, 7) is 0.476. The average molecular weight is 316 g/mol. The summed E-state index contributed by atoms with van der Waals surface area (Å²) in [6, 6.07) is 8.17. The Labute approximate surface area is 112 Å². The quantitative estimate of drug-likeness (QED) is 0.857. The second kappa shape index (κ2) is 5.47. The number of hydrogen-bond donors (Lipinski definition) is 1. The first-order valence-electron chi connectivity index (χ1n) is 4.95. The van der Waals surface area contributed by atoms with Gasteiger partial charge in [0.15, 0.2) is 5.15 Å². The molecule has 17 heavy (non-hydrogen) atoms. The van der Waals surface area contributed by atoms with Gasteiger partial charge in [0.25, 0.3) is 0 Å². The van der Waals surface area contributed by atoms with Crippen LogP contribution in [0.1, 0.15) is 5.56 Å². The summed E-state index contributed by atoms with van der Waals surface area (Å²) in [7, 11) is 0. The molecule has 0 aliphatic carbocycles. The van der Waals surface area contributed by atoms with Crippen LogP contribution in [0.25, 0.3) is 0 Å². The fraction of sp³-hybridized carbons (Fsp3) is 0.0833. The lowest BCUT2D eigenvalue weighted by molar-refractivity contribution is 0.625. The van der Waals surface area contributed by atoms with E-state index < -0.39 is 0 Å². The minimum absolute atomic E-state index is 0.262. The van der Waals surface area contributed by atoms with Crippen molar-refractivity contribution < 1.29 is 4.39 Å². The topological polar surface area (TPSA) is 24.9 Å². The van der Waals surface area contributed by atoms with E-state index in [1.54, 1.807) is 18.3 Å². The van der Waals surface area contributed by atoms with Gasteiger partial charge in [0.1, 0.15) is 5.82 Å². The second-order valence-electron chi connectivity index (χ2n) is 3.43. The van der Waals surface area contributed by atoms with Crippen LogP contribution in [0.2, 0.25) is 5.15 Å². The van der Waals surface area contributed by atoms with Gasteiger partial charge in [-0.15, -0.1) is 0 Å². The molecule has 0 spiro atoms. The van der Waals surface area contributed by atoms with Crippen molar-refractivity contribution in [2.75, 3.05) is 5.32 Å². The van der Waals surface area contributed by atoms with Crippen LogP contribution in [-0.2, 0) is 6.54 Å². The highest BCUT2D eigenvalue weighted by Crippen LogP contribution is 2.22. The number of benzene rings is 1. The Balaban J connectivity index is 2.12. The van der Waals surface area contributed by atoms with Gasteiger partial charge in [-0.3, -0.25) is 0 Å². The number of nitrogens with zero attached hydrogens (tertiary/aromatic N) is 1. The molecule has 2 rings (SSSR count). The monoisotopic (exact) mass is 314 g/mol. The van der Waals surface area contributed by atoms with Crippen molar-refractivity contribution >= 4 is 33.2 Å². The molecule has 1 heterocycles. The van der Waals surface area contributed by atoms with E-state index in [9.17, 15) is 4.39 Å². The third-order valence-electron chi connectivity index (χ3n) is 2.24. The van der Waals surface area contributed by atoms with Gasteiger partial charge < -0.3 is 5.32 Å². The highest BCUT2D eigenvalue weighted by Gasteiger charge is 2.03. The summed E-state index contributed by atoms with van der Waals surface area (Å²) in [5.74, 6) is -0.262. The summed E-state index contributed by atoms with van der Waals surface area (Å²) in [6.07, 6.45) is 1.62. The lowest BCUT2D eigenvalue weighted by atomic mass is 10.2. The summed E-state index contributed by atoms with van der Waals surface area (Å²) < 4.78 is 13.9. The fourth-order valence-corrected chi connectivity index (χ4v) is 1.96. The summed E-state index contributed by atoms with van der Waals surface area (Å²) in [5.41, 5.74) is 1.55. The van der Waals surface area contributed by atoms with Crippen LogP contribution < -0.4 is 5.32 Å². The molecule has 0 atom stereocenters. The van der Waals surface area contributed by atoms with E-state index in [1.807, 2.05) is 6.07 Å². The predicted molar refractivity (Wildman–Crippen MR) is 70.7 cm³/mol. The number of rotatable bonds is 3. The molecular formula is C12H9BrClFN2. The molecule has 1 aromatic carbocycles. The van der Waals surface area contributed by atoms with Gasteiger partial charge in [-0.2, -0.15) is 0 Å². The van der Waals surface area contributed by atoms with Crippen LogP contribution in [0, 0.1) is 5.82 Å². The van der Waals surface area contributed by atoms with Crippen LogP contribution >= 0.6 is 27.5 Å². The minimum atomic E-state index is -0.262. The van der Waals surface area contributed by atoms with Gasteiger partial charge in [0, 0.05) is 17.2 Å². The minimum Gasteiger partial charge on any atom is -0.378 e. The van der Waals surface area contributed by atoms with Crippen LogP contribution in [0.15, 0.2) is 41.0 Å². The van der Waals surface area contributed by atoms with Gasteiger partial charge >= 0.3 is 0 Å². The molecule has 2 aromatic rings. The molecular weight excluding hydrogens is 307 g/mol. The third kappa shape index (κ3) is 3.17. The predicted octanol–water partition coefficient (Wildman–Crippen LogP) is 4.25. The zero-order valence-corrected chi connectivity index (χ0v) is 11.1. The molecule has 0 radical (unpaired) electrons. The van der Waals surface area contributed by atoms with Crippen molar-refractivity contribution in [1.82, 2.24) is 4.98 Å². The maximum atomic E-state index is 13.1. The largest absolute Gasteiger partial charge is 0.378 e. The average Bonchev–Trinajstić information content (AvgIpc) is 2.32.